The third-order valence-electron chi connectivity index (χ3n) is 9.51. The molecule has 0 aromatic heterocycles. The molecule has 0 spiro atoms. The smallest absolute Gasteiger partial charge is 0.257 e. The van der Waals surface area contributed by atoms with Crippen LogP contribution in [0.2, 0.25) is 0 Å². The number of nitrogens with zero attached hydrogens (tertiary/aromatic N) is 4. The number of carbonyl (C=O) groups excluding carboxylic acids is 2. The van der Waals surface area contributed by atoms with Gasteiger partial charge in [-0.1, -0.05) is 23.3 Å². The number of ether oxygens (including phenoxy) is 4. The first kappa shape index (κ1) is 32.4. The Bertz CT molecular complexity index is 1650. The summed E-state index contributed by atoms with van der Waals surface area (Å²) in [7, 11) is 3.10. The van der Waals surface area contributed by atoms with Gasteiger partial charge >= 0.3 is 0 Å². The maximum absolute atomic E-state index is 13.8. The van der Waals surface area contributed by atoms with Crippen molar-refractivity contribution in [1.29, 1.82) is 0 Å². The second-order valence-electron chi connectivity index (χ2n) is 12.6. The van der Waals surface area contributed by atoms with Gasteiger partial charge in [-0.2, -0.15) is 0 Å². The lowest BCUT2D eigenvalue weighted by Crippen LogP contribution is -2.50. The van der Waals surface area contributed by atoms with Gasteiger partial charge in [0, 0.05) is 43.9 Å². The third kappa shape index (κ3) is 5.93. The quantitative estimate of drug-likeness (QED) is 0.295. The molecular weight excluding hydrogens is 600 g/mol. The van der Waals surface area contributed by atoms with E-state index in [1.54, 1.807) is 43.4 Å². The molecule has 0 aliphatic carbocycles. The summed E-state index contributed by atoms with van der Waals surface area (Å²) >= 11 is 0. The molecule has 47 heavy (non-hydrogen) atoms. The minimum Gasteiger partial charge on any atom is -0.493 e. The van der Waals surface area contributed by atoms with Crippen molar-refractivity contribution in [2.75, 3.05) is 45.4 Å². The molecule has 2 saturated heterocycles. The first-order valence-corrected chi connectivity index (χ1v) is 16.3. The summed E-state index contributed by atoms with van der Waals surface area (Å²) in [5.41, 5.74) is 4.50. The van der Waals surface area contributed by atoms with Gasteiger partial charge < -0.3 is 38.8 Å². The molecule has 2 amide bonds. The van der Waals surface area contributed by atoms with Crippen LogP contribution in [-0.4, -0.2) is 97.8 Å². The van der Waals surface area contributed by atoms with E-state index in [0.29, 0.717) is 84.6 Å². The highest BCUT2D eigenvalue weighted by molar-refractivity contribution is 6.04. The predicted octanol–water partition coefficient (Wildman–Crippen LogP) is 5.14. The zero-order chi connectivity index (χ0) is 33.4. The molecule has 2 aromatic carbocycles. The van der Waals surface area contributed by atoms with E-state index < -0.39 is 6.23 Å². The van der Waals surface area contributed by atoms with Crippen molar-refractivity contribution in [3.8, 4) is 23.0 Å². The minimum absolute atomic E-state index is 0.0595. The largest absolute Gasteiger partial charge is 0.493 e. The first-order chi connectivity index (χ1) is 22.7. The number of anilines is 1. The Morgan fingerprint density at radius 3 is 2.09 bits per heavy atom. The molecule has 4 heterocycles. The van der Waals surface area contributed by atoms with Crippen LogP contribution in [-0.2, 0) is 0 Å². The number of aliphatic imine (C=N–C) groups is 1. The predicted molar refractivity (Wildman–Crippen MR) is 180 cm³/mol. The molecule has 4 aliphatic heterocycles. The van der Waals surface area contributed by atoms with Gasteiger partial charge in [-0.05, 0) is 52.7 Å². The molecule has 3 atom stereocenters. The van der Waals surface area contributed by atoms with E-state index in [1.165, 1.54) is 5.57 Å². The average molecular weight is 645 g/mol. The average Bonchev–Trinajstić information content (AvgIpc) is 3.66. The van der Waals surface area contributed by atoms with Crippen molar-refractivity contribution >= 4 is 29.4 Å². The van der Waals surface area contributed by atoms with E-state index in [9.17, 15) is 14.7 Å². The van der Waals surface area contributed by atoms with Gasteiger partial charge in [0.15, 0.2) is 23.0 Å². The second-order valence-corrected chi connectivity index (χ2v) is 12.6. The number of methoxy groups -OCH3 is 2. The molecule has 0 radical (unpaired) electrons. The summed E-state index contributed by atoms with van der Waals surface area (Å²) in [4.78, 5) is 37.3. The zero-order valence-electron chi connectivity index (χ0n) is 28.0. The van der Waals surface area contributed by atoms with Gasteiger partial charge in [0.2, 0.25) is 0 Å². The normalized spacial score (nSPS) is 23.5. The molecule has 1 N–H and O–H groups in total. The van der Waals surface area contributed by atoms with E-state index in [4.69, 9.17) is 18.9 Å². The highest BCUT2D eigenvalue weighted by Gasteiger charge is 2.44. The number of hydrogen-bond donors (Lipinski definition) is 1. The van der Waals surface area contributed by atoms with Gasteiger partial charge in [0.05, 0.1) is 62.0 Å². The van der Waals surface area contributed by atoms with Crippen LogP contribution >= 0.6 is 0 Å². The Balaban J connectivity index is 1.16. The summed E-state index contributed by atoms with van der Waals surface area (Å²) < 4.78 is 23.5. The summed E-state index contributed by atoms with van der Waals surface area (Å²) in [6.45, 7) is 9.69. The number of carbonyl (C=O) groups is 2. The van der Waals surface area contributed by atoms with Crippen molar-refractivity contribution in [1.82, 2.24) is 9.80 Å². The summed E-state index contributed by atoms with van der Waals surface area (Å²) in [6.07, 6.45) is 7.01. The number of amides is 2. The van der Waals surface area contributed by atoms with E-state index in [2.05, 4.69) is 11.1 Å². The van der Waals surface area contributed by atoms with Gasteiger partial charge in [-0.3, -0.25) is 14.6 Å². The Labute approximate surface area is 276 Å². The Hall–Kier alpha value is -4.51. The standard InChI is InChI=1S/C36H44N4O7/c1-7-22-12-24-18-37-27-16-32(30(44-5)14-25(27)34(41)38(24)19-22)46-10-9-11-47-33-17-28-26(15-31(33)45-6)35(42)39-20-23(8-2)13-29(39)36(43)40(28)21(3)4/h7-8,14-18,21,24,29,36,43H,9-13,19-20H2,1-6H3/t24-,29-,36?/m0/s1. The van der Waals surface area contributed by atoms with Gasteiger partial charge in [0.25, 0.3) is 11.8 Å². The van der Waals surface area contributed by atoms with E-state index in [-0.39, 0.29) is 29.9 Å². The number of aliphatic hydroxyl groups excluding tert-OH is 1. The first-order valence-electron chi connectivity index (χ1n) is 16.3. The lowest BCUT2D eigenvalue weighted by molar-refractivity contribution is 0.0497. The fourth-order valence-electron chi connectivity index (χ4n) is 6.94. The maximum Gasteiger partial charge on any atom is 0.257 e. The molecule has 250 valence electrons. The summed E-state index contributed by atoms with van der Waals surface area (Å²) in [6, 6.07) is 6.50. The number of benzene rings is 2. The molecule has 4 aliphatic rings. The topological polar surface area (TPSA) is 113 Å². The van der Waals surface area contributed by atoms with Crippen LogP contribution in [0.4, 0.5) is 11.4 Å². The number of aliphatic hydroxyl groups is 1. The molecule has 0 saturated carbocycles. The van der Waals surface area contributed by atoms with Gasteiger partial charge in [-0.15, -0.1) is 0 Å². The Morgan fingerprint density at radius 1 is 0.851 bits per heavy atom. The van der Waals surface area contributed by atoms with Crippen LogP contribution in [0.5, 0.6) is 23.0 Å². The SMILES string of the molecule is CC=C1C[C@H]2C=Nc3cc(OCCCOc4cc5c(cc4OC)C(=O)N4CC(=CC)C[C@H]4C(O)N5C(C)C)c(OC)cc3C(=O)N2C1. The Kier molecular flexibility index (Phi) is 9.18. The van der Waals surface area contributed by atoms with Crippen LogP contribution in [0.15, 0.2) is 52.6 Å². The van der Waals surface area contributed by atoms with Crippen LogP contribution < -0.4 is 23.8 Å². The molecule has 1 unspecified atom stereocenters. The van der Waals surface area contributed by atoms with Crippen molar-refractivity contribution in [3.05, 3.63) is 58.7 Å². The van der Waals surface area contributed by atoms with E-state index in [0.717, 1.165) is 12.0 Å². The highest BCUT2D eigenvalue weighted by Crippen LogP contribution is 2.43. The summed E-state index contributed by atoms with van der Waals surface area (Å²) in [5, 5.41) is 11.5. The van der Waals surface area contributed by atoms with Gasteiger partial charge in [-0.25, -0.2) is 0 Å². The fourth-order valence-corrected chi connectivity index (χ4v) is 6.94. The molecule has 0 bridgehead atoms. The molecular formula is C36H44N4O7. The van der Waals surface area contributed by atoms with E-state index >= 15 is 0 Å². The van der Waals surface area contributed by atoms with Crippen molar-refractivity contribution in [2.24, 2.45) is 4.99 Å². The third-order valence-corrected chi connectivity index (χ3v) is 9.51. The summed E-state index contributed by atoms with van der Waals surface area (Å²) in [5.74, 6) is 1.68. The van der Waals surface area contributed by atoms with Crippen molar-refractivity contribution < 1.29 is 33.6 Å². The van der Waals surface area contributed by atoms with Crippen LogP contribution in [0, 0.1) is 0 Å². The number of fused-ring (bicyclic) bond motifs is 4. The number of hydrogen-bond acceptors (Lipinski definition) is 9. The molecule has 2 aromatic rings. The maximum atomic E-state index is 13.8. The number of allylic oxidation sites excluding steroid dienone is 2. The van der Waals surface area contributed by atoms with Crippen LogP contribution in [0.25, 0.3) is 0 Å². The van der Waals surface area contributed by atoms with E-state index in [1.807, 2.05) is 49.8 Å². The highest BCUT2D eigenvalue weighted by atomic mass is 16.5. The monoisotopic (exact) mass is 644 g/mol. The van der Waals surface area contributed by atoms with Crippen molar-refractivity contribution in [3.63, 3.8) is 0 Å². The lowest BCUT2D eigenvalue weighted by Gasteiger charge is -2.36. The molecule has 11 nitrogen and oxygen atoms in total. The van der Waals surface area contributed by atoms with Crippen molar-refractivity contribution in [2.45, 2.75) is 71.3 Å². The molecule has 11 heteroatoms. The minimum atomic E-state index is -0.870. The lowest BCUT2D eigenvalue weighted by atomic mass is 10.1. The second kappa shape index (κ2) is 13.3. The van der Waals surface area contributed by atoms with Gasteiger partial charge in [0.1, 0.15) is 6.23 Å². The molecule has 2 fully saturated rings. The number of rotatable bonds is 9. The van der Waals surface area contributed by atoms with Crippen LogP contribution in [0.1, 0.15) is 67.7 Å². The molecule has 6 rings (SSSR count). The van der Waals surface area contributed by atoms with Crippen LogP contribution in [0.3, 0.4) is 0 Å². The Morgan fingerprint density at radius 2 is 1.45 bits per heavy atom. The fraction of sp³-hybridized carbons (Fsp3) is 0.472. The zero-order valence-corrected chi connectivity index (χ0v) is 28.0.